The van der Waals surface area contributed by atoms with E-state index in [9.17, 15) is 9.65 Å². The van der Waals surface area contributed by atoms with E-state index in [2.05, 4.69) is 26.5 Å². The van der Waals surface area contributed by atoms with Crippen LogP contribution < -0.4 is 10.5 Å². The minimum atomic E-state index is -0.544. The molecule has 154 valence electrons. The number of hydrogen-bond donors (Lipinski definition) is 1. The first-order valence-electron chi connectivity index (χ1n) is 9.53. The van der Waals surface area contributed by atoms with Gasteiger partial charge in [-0.3, -0.25) is 4.68 Å². The van der Waals surface area contributed by atoms with Crippen LogP contribution in [0.4, 0.5) is 10.2 Å². The summed E-state index contributed by atoms with van der Waals surface area (Å²) in [5.74, 6) is 0.121. The van der Waals surface area contributed by atoms with Crippen LogP contribution >= 0.6 is 0 Å². The summed E-state index contributed by atoms with van der Waals surface area (Å²) in [5, 5.41) is 22.3. The predicted molar refractivity (Wildman–Crippen MR) is 109 cm³/mol. The highest BCUT2D eigenvalue weighted by atomic mass is 19.1. The van der Waals surface area contributed by atoms with E-state index in [1.165, 1.54) is 12.1 Å². The molecule has 0 spiro atoms. The molecular formula is C21H17FN8O. The highest BCUT2D eigenvalue weighted by Crippen LogP contribution is 2.37. The first-order chi connectivity index (χ1) is 14.9. The summed E-state index contributed by atoms with van der Waals surface area (Å²) in [5.41, 5.74) is 10.2. The van der Waals surface area contributed by atoms with Crippen LogP contribution in [0.1, 0.15) is 29.8 Å². The molecule has 0 fully saturated rings. The molecule has 1 aliphatic heterocycles. The number of aryl methyl sites for hydroxylation is 1. The van der Waals surface area contributed by atoms with Crippen LogP contribution in [0.2, 0.25) is 0 Å². The number of aromatic nitrogens is 6. The molecule has 4 aromatic rings. The molecule has 31 heavy (non-hydrogen) atoms. The summed E-state index contributed by atoms with van der Waals surface area (Å²) < 4.78 is 23.6. The second kappa shape index (κ2) is 6.91. The van der Waals surface area contributed by atoms with Crippen molar-refractivity contribution in [3.8, 4) is 34.3 Å². The van der Waals surface area contributed by atoms with Crippen molar-refractivity contribution in [3.05, 3.63) is 59.3 Å². The summed E-state index contributed by atoms with van der Waals surface area (Å²) >= 11 is 0. The lowest BCUT2D eigenvalue weighted by Gasteiger charge is -2.20. The third-order valence-corrected chi connectivity index (χ3v) is 5.23. The number of pyridine rings is 1. The van der Waals surface area contributed by atoms with E-state index in [-0.39, 0.29) is 17.3 Å². The molecule has 2 N–H and O–H groups in total. The van der Waals surface area contributed by atoms with E-state index in [1.54, 1.807) is 27.7 Å². The van der Waals surface area contributed by atoms with Crippen LogP contribution in [0.15, 0.2) is 36.7 Å². The average molecular weight is 416 g/mol. The highest BCUT2D eigenvalue weighted by molar-refractivity contribution is 5.70. The zero-order valence-corrected chi connectivity index (χ0v) is 16.7. The van der Waals surface area contributed by atoms with Crippen molar-refractivity contribution in [3.63, 3.8) is 0 Å². The molecule has 0 saturated carbocycles. The number of hydrogen-bond acceptors (Lipinski definition) is 7. The molecule has 2 bridgehead atoms. The van der Waals surface area contributed by atoms with Crippen LogP contribution in [0.5, 0.6) is 5.75 Å². The number of nitrogens with zero attached hydrogens (tertiary/aromatic N) is 7. The van der Waals surface area contributed by atoms with E-state index in [4.69, 9.17) is 10.5 Å². The summed E-state index contributed by atoms with van der Waals surface area (Å²) in [6.45, 7) is 2.12. The van der Waals surface area contributed by atoms with E-state index >= 15 is 0 Å². The van der Waals surface area contributed by atoms with Gasteiger partial charge in [-0.1, -0.05) is 5.21 Å². The molecule has 1 unspecified atom stereocenters. The van der Waals surface area contributed by atoms with Crippen LogP contribution in [0.3, 0.4) is 0 Å². The molecule has 0 amide bonds. The highest BCUT2D eigenvalue weighted by Gasteiger charge is 2.24. The van der Waals surface area contributed by atoms with Crippen LogP contribution in [0, 0.1) is 17.1 Å². The maximum Gasteiger partial charge on any atom is 0.190 e. The summed E-state index contributed by atoms with van der Waals surface area (Å²) in [6, 6.07) is 8.28. The summed E-state index contributed by atoms with van der Waals surface area (Å²) in [7, 11) is 1.81. The zero-order valence-electron chi connectivity index (χ0n) is 16.7. The fourth-order valence-corrected chi connectivity index (χ4v) is 3.84. The van der Waals surface area contributed by atoms with Crippen LogP contribution in [-0.2, 0) is 13.6 Å². The van der Waals surface area contributed by atoms with E-state index < -0.39 is 6.10 Å². The molecule has 10 heteroatoms. The molecular weight excluding hydrogens is 399 g/mol. The van der Waals surface area contributed by atoms with Crippen molar-refractivity contribution < 1.29 is 9.13 Å². The second-order valence-electron chi connectivity index (χ2n) is 7.33. The Kier molecular flexibility index (Phi) is 4.18. The van der Waals surface area contributed by atoms with Gasteiger partial charge < -0.3 is 10.5 Å². The number of benzene rings is 1. The Hall–Kier alpha value is -4.26. The van der Waals surface area contributed by atoms with Gasteiger partial charge in [-0.2, -0.15) is 10.4 Å². The van der Waals surface area contributed by atoms with Gasteiger partial charge in [0.1, 0.15) is 23.7 Å². The molecule has 0 aliphatic carbocycles. The molecule has 1 aromatic carbocycles. The van der Waals surface area contributed by atoms with Crippen molar-refractivity contribution in [2.24, 2.45) is 7.05 Å². The monoisotopic (exact) mass is 416 g/mol. The van der Waals surface area contributed by atoms with Crippen molar-refractivity contribution in [2.75, 3.05) is 5.73 Å². The smallest absolute Gasteiger partial charge is 0.190 e. The van der Waals surface area contributed by atoms with Gasteiger partial charge >= 0.3 is 0 Å². The first kappa shape index (κ1) is 18.7. The third-order valence-electron chi connectivity index (χ3n) is 5.23. The Morgan fingerprint density at radius 3 is 2.97 bits per heavy atom. The number of ether oxygens (including phenoxy) is 1. The van der Waals surface area contributed by atoms with Gasteiger partial charge in [-0.15, -0.1) is 5.10 Å². The standard InChI is InChI=1S/C21H17FN8O/c1-11-16-6-14(22)3-4-15(16)19-13(9-29(2)27-19)10-30-20(17(7-23)26-28-30)12-5-18(31-11)21(24)25-8-12/h3-6,8-9,11H,10H2,1-2H3,(H2,24,25). The fourth-order valence-electron chi connectivity index (χ4n) is 3.84. The Morgan fingerprint density at radius 2 is 2.16 bits per heavy atom. The number of nitrogens with two attached hydrogens (primary N) is 1. The Labute approximate surface area is 176 Å². The molecule has 1 aliphatic rings. The van der Waals surface area contributed by atoms with Gasteiger partial charge in [0.05, 0.1) is 12.2 Å². The minimum absolute atomic E-state index is 0.163. The number of nitrogen functional groups attached to an aromatic ring is 1. The van der Waals surface area contributed by atoms with Gasteiger partial charge in [0.15, 0.2) is 17.3 Å². The SMILES string of the molecule is CC1Oc2cc(cnc2N)-c2c(C#N)nnn2Cc2cn(C)nc2-c2ccc(F)cc21. The lowest BCUT2D eigenvalue weighted by atomic mass is 9.97. The quantitative estimate of drug-likeness (QED) is 0.468. The van der Waals surface area contributed by atoms with Gasteiger partial charge in [0.25, 0.3) is 0 Å². The zero-order chi connectivity index (χ0) is 21.7. The van der Waals surface area contributed by atoms with Crippen molar-refractivity contribution in [1.29, 1.82) is 5.26 Å². The molecule has 0 saturated heterocycles. The van der Waals surface area contributed by atoms with Crippen LogP contribution in [-0.4, -0.2) is 29.8 Å². The Morgan fingerprint density at radius 1 is 1.32 bits per heavy atom. The summed E-state index contributed by atoms with van der Waals surface area (Å²) in [4.78, 5) is 4.22. The molecule has 4 heterocycles. The molecule has 1 atom stereocenters. The first-order valence-corrected chi connectivity index (χ1v) is 9.53. The van der Waals surface area contributed by atoms with Gasteiger partial charge in [0.2, 0.25) is 0 Å². The third kappa shape index (κ3) is 3.07. The number of nitriles is 1. The van der Waals surface area contributed by atoms with E-state index in [1.807, 2.05) is 20.2 Å². The second-order valence-corrected chi connectivity index (χ2v) is 7.33. The van der Waals surface area contributed by atoms with Gasteiger partial charge in [-0.05, 0) is 31.2 Å². The number of halogens is 1. The maximum absolute atomic E-state index is 14.2. The normalized spacial score (nSPS) is 14.8. The lowest BCUT2D eigenvalue weighted by Crippen LogP contribution is -2.11. The number of rotatable bonds is 0. The maximum atomic E-state index is 14.2. The number of fused-ring (bicyclic) bond motifs is 7. The fraction of sp³-hybridized carbons (Fsp3) is 0.190. The Balaban J connectivity index is 1.82. The topological polar surface area (TPSA) is 120 Å². The largest absolute Gasteiger partial charge is 0.482 e. The van der Waals surface area contributed by atoms with Gasteiger partial charge in [-0.25, -0.2) is 14.1 Å². The lowest BCUT2D eigenvalue weighted by molar-refractivity contribution is 0.227. The van der Waals surface area contributed by atoms with E-state index in [0.29, 0.717) is 34.8 Å². The minimum Gasteiger partial charge on any atom is -0.482 e. The molecule has 3 aromatic heterocycles. The molecule has 5 rings (SSSR count). The number of anilines is 1. The predicted octanol–water partition coefficient (Wildman–Crippen LogP) is 2.84. The summed E-state index contributed by atoms with van der Waals surface area (Å²) in [6.07, 6.45) is 2.87. The average Bonchev–Trinajstić information content (AvgIpc) is 3.32. The van der Waals surface area contributed by atoms with Crippen molar-refractivity contribution in [2.45, 2.75) is 19.6 Å². The van der Waals surface area contributed by atoms with Crippen LogP contribution in [0.25, 0.3) is 22.5 Å². The van der Waals surface area contributed by atoms with Crippen molar-refractivity contribution in [1.82, 2.24) is 29.8 Å². The van der Waals surface area contributed by atoms with Crippen molar-refractivity contribution >= 4 is 5.82 Å². The van der Waals surface area contributed by atoms with Gasteiger partial charge in [0, 0.05) is 41.7 Å². The molecule has 0 radical (unpaired) electrons. The Bertz CT molecular complexity index is 1370. The van der Waals surface area contributed by atoms with E-state index in [0.717, 1.165) is 11.1 Å². The molecule has 9 nitrogen and oxygen atoms in total.